The van der Waals surface area contributed by atoms with E-state index in [1.54, 1.807) is 19.3 Å². The molecule has 1 rings (SSSR count). The molecule has 2 amide bonds. The van der Waals surface area contributed by atoms with Crippen molar-refractivity contribution in [3.05, 3.63) is 12.3 Å². The molecule has 0 aliphatic carbocycles. The number of amides is 2. The molecule has 1 N–H and O–H groups in total. The van der Waals surface area contributed by atoms with Crippen LogP contribution in [0.3, 0.4) is 0 Å². The molecular weight excluding hydrogens is 298 g/mol. The lowest BCUT2D eigenvalue weighted by atomic mass is 10.2. The zero-order valence-electron chi connectivity index (χ0n) is 14.2. The number of amidine groups is 1. The number of ether oxygens (including phenoxy) is 2. The first-order valence-corrected chi connectivity index (χ1v) is 8.07. The Morgan fingerprint density at radius 2 is 2.22 bits per heavy atom. The third-order valence-electron chi connectivity index (χ3n) is 3.52. The van der Waals surface area contributed by atoms with Gasteiger partial charge in [-0.3, -0.25) is 20.0 Å². The van der Waals surface area contributed by atoms with Crippen molar-refractivity contribution in [2.24, 2.45) is 4.99 Å². The number of carbonyl (C=O) groups is 2. The lowest BCUT2D eigenvalue weighted by molar-refractivity contribution is -0.125. The van der Waals surface area contributed by atoms with E-state index < -0.39 is 6.09 Å². The number of hydrogen-bond acceptors (Lipinski definition) is 5. The summed E-state index contributed by atoms with van der Waals surface area (Å²) in [6.45, 7) is 4.44. The number of nitrogens with one attached hydrogen (secondary N) is 1. The van der Waals surface area contributed by atoms with Crippen LogP contribution in [0.1, 0.15) is 46.0 Å². The molecule has 130 valence electrons. The van der Waals surface area contributed by atoms with Gasteiger partial charge in [-0.2, -0.15) is 0 Å². The number of nitrogens with zero attached hydrogens (tertiary/aromatic N) is 2. The normalized spacial score (nSPS) is 21.4. The van der Waals surface area contributed by atoms with Crippen LogP contribution >= 0.6 is 0 Å². The third-order valence-corrected chi connectivity index (χ3v) is 3.52. The minimum Gasteiger partial charge on any atom is -0.449 e. The Bertz CT molecular complexity index is 437. The molecular formula is C16H27N3O4. The molecule has 1 aliphatic rings. The summed E-state index contributed by atoms with van der Waals surface area (Å²) in [7, 11) is 1.55. The second kappa shape index (κ2) is 10.8. The highest BCUT2D eigenvalue weighted by Gasteiger charge is 2.25. The SMILES string of the molecule is CCCCCOC(=O)NC(/C=C\N(C=O)C1CCC(C)O1)=NC. The van der Waals surface area contributed by atoms with Crippen LogP contribution in [0.4, 0.5) is 4.79 Å². The Kier molecular flexibility index (Phi) is 8.97. The molecule has 0 saturated carbocycles. The second-order valence-electron chi connectivity index (χ2n) is 5.42. The van der Waals surface area contributed by atoms with Crippen LogP contribution in [-0.4, -0.2) is 49.2 Å². The lowest BCUT2D eigenvalue weighted by Gasteiger charge is -2.20. The monoisotopic (exact) mass is 325 g/mol. The summed E-state index contributed by atoms with van der Waals surface area (Å²) in [5.74, 6) is 0.323. The largest absolute Gasteiger partial charge is 0.449 e. The quantitative estimate of drug-likeness (QED) is 0.322. The Hall–Kier alpha value is -1.89. The standard InChI is InChI=1S/C16H27N3O4/c1-4-5-6-11-22-16(21)18-14(17-3)9-10-19(12-20)15-8-7-13(2)23-15/h9-10,12-13,15H,4-8,11H2,1-3H3,(H,17,18,21)/b10-9-. The Labute approximate surface area is 137 Å². The molecule has 2 unspecified atom stereocenters. The molecule has 0 spiro atoms. The van der Waals surface area contributed by atoms with Crippen molar-refractivity contribution < 1.29 is 19.1 Å². The number of rotatable bonds is 8. The number of hydrogen-bond donors (Lipinski definition) is 1. The van der Waals surface area contributed by atoms with Crippen LogP contribution in [0.15, 0.2) is 17.3 Å². The second-order valence-corrected chi connectivity index (χ2v) is 5.42. The van der Waals surface area contributed by atoms with Crippen molar-refractivity contribution in [1.82, 2.24) is 10.2 Å². The first-order chi connectivity index (χ1) is 11.1. The molecule has 1 heterocycles. The summed E-state index contributed by atoms with van der Waals surface area (Å²) in [6.07, 6.45) is 7.77. The summed E-state index contributed by atoms with van der Waals surface area (Å²) < 4.78 is 10.7. The van der Waals surface area contributed by atoms with Gasteiger partial charge in [0.05, 0.1) is 12.7 Å². The topological polar surface area (TPSA) is 80.2 Å². The van der Waals surface area contributed by atoms with Gasteiger partial charge in [-0.15, -0.1) is 0 Å². The molecule has 1 saturated heterocycles. The van der Waals surface area contributed by atoms with Crippen LogP contribution < -0.4 is 5.32 Å². The Morgan fingerprint density at radius 1 is 1.43 bits per heavy atom. The van der Waals surface area contributed by atoms with Gasteiger partial charge < -0.3 is 9.47 Å². The van der Waals surface area contributed by atoms with E-state index in [2.05, 4.69) is 17.2 Å². The maximum Gasteiger partial charge on any atom is 0.412 e. The summed E-state index contributed by atoms with van der Waals surface area (Å²) in [5, 5.41) is 2.54. The highest BCUT2D eigenvalue weighted by molar-refractivity contribution is 6.02. The zero-order chi connectivity index (χ0) is 17.1. The first kappa shape index (κ1) is 19.2. The van der Waals surface area contributed by atoms with E-state index in [9.17, 15) is 9.59 Å². The van der Waals surface area contributed by atoms with Gasteiger partial charge in [0.25, 0.3) is 0 Å². The van der Waals surface area contributed by atoms with E-state index in [4.69, 9.17) is 9.47 Å². The number of alkyl carbamates (subject to hydrolysis) is 1. The van der Waals surface area contributed by atoms with Crippen LogP contribution in [0, 0.1) is 0 Å². The van der Waals surface area contributed by atoms with E-state index in [1.807, 2.05) is 6.92 Å². The maximum atomic E-state index is 11.6. The van der Waals surface area contributed by atoms with Gasteiger partial charge in [0, 0.05) is 13.2 Å². The van der Waals surface area contributed by atoms with Crippen LogP contribution in [0.25, 0.3) is 0 Å². The molecule has 7 nitrogen and oxygen atoms in total. The molecule has 0 radical (unpaired) electrons. The molecule has 23 heavy (non-hydrogen) atoms. The summed E-state index contributed by atoms with van der Waals surface area (Å²) in [4.78, 5) is 28.2. The van der Waals surface area contributed by atoms with E-state index in [1.165, 1.54) is 4.90 Å². The van der Waals surface area contributed by atoms with Crippen molar-refractivity contribution in [3.63, 3.8) is 0 Å². The first-order valence-electron chi connectivity index (χ1n) is 8.07. The average Bonchev–Trinajstić information content (AvgIpc) is 2.97. The fourth-order valence-electron chi connectivity index (χ4n) is 2.19. The van der Waals surface area contributed by atoms with Crippen LogP contribution in [0.2, 0.25) is 0 Å². The van der Waals surface area contributed by atoms with Crippen molar-refractivity contribution in [2.75, 3.05) is 13.7 Å². The highest BCUT2D eigenvalue weighted by atomic mass is 16.5. The van der Waals surface area contributed by atoms with Crippen LogP contribution in [-0.2, 0) is 14.3 Å². The summed E-state index contributed by atoms with van der Waals surface area (Å²) >= 11 is 0. The zero-order valence-corrected chi connectivity index (χ0v) is 14.2. The number of aliphatic imine (C=N–C) groups is 1. The van der Waals surface area contributed by atoms with Crippen molar-refractivity contribution in [3.8, 4) is 0 Å². The fraction of sp³-hybridized carbons (Fsp3) is 0.688. The average molecular weight is 325 g/mol. The smallest absolute Gasteiger partial charge is 0.412 e. The van der Waals surface area contributed by atoms with E-state index >= 15 is 0 Å². The molecule has 1 aliphatic heterocycles. The summed E-state index contributed by atoms with van der Waals surface area (Å²) in [5.41, 5.74) is 0. The van der Waals surface area contributed by atoms with Gasteiger partial charge >= 0.3 is 6.09 Å². The maximum absolute atomic E-state index is 11.6. The molecule has 0 bridgehead atoms. The molecule has 0 aromatic rings. The predicted molar refractivity (Wildman–Crippen MR) is 88.0 cm³/mol. The molecule has 0 aromatic heterocycles. The third kappa shape index (κ3) is 7.27. The van der Waals surface area contributed by atoms with Crippen molar-refractivity contribution >= 4 is 18.3 Å². The summed E-state index contributed by atoms with van der Waals surface area (Å²) in [6, 6.07) is 0. The van der Waals surface area contributed by atoms with Crippen molar-refractivity contribution in [2.45, 2.75) is 58.3 Å². The minimum absolute atomic E-state index is 0.145. The lowest BCUT2D eigenvalue weighted by Crippen LogP contribution is -2.32. The van der Waals surface area contributed by atoms with Gasteiger partial charge in [-0.25, -0.2) is 4.79 Å². The molecule has 7 heteroatoms. The van der Waals surface area contributed by atoms with Crippen LogP contribution in [0.5, 0.6) is 0 Å². The predicted octanol–water partition coefficient (Wildman–Crippen LogP) is 2.43. The molecule has 2 atom stereocenters. The number of carbonyl (C=O) groups excluding carboxylic acids is 2. The highest BCUT2D eigenvalue weighted by Crippen LogP contribution is 2.21. The number of unbranched alkanes of at least 4 members (excludes halogenated alkanes) is 2. The fourth-order valence-corrected chi connectivity index (χ4v) is 2.19. The van der Waals surface area contributed by atoms with Gasteiger partial charge in [0.2, 0.25) is 6.41 Å². The molecule has 1 fully saturated rings. The Balaban J connectivity index is 2.44. The van der Waals surface area contributed by atoms with Crippen molar-refractivity contribution in [1.29, 1.82) is 0 Å². The van der Waals surface area contributed by atoms with E-state index in [0.29, 0.717) is 18.9 Å². The Morgan fingerprint density at radius 3 is 2.78 bits per heavy atom. The van der Waals surface area contributed by atoms with E-state index in [-0.39, 0.29) is 12.3 Å². The van der Waals surface area contributed by atoms with Gasteiger partial charge in [0.1, 0.15) is 12.1 Å². The molecule has 0 aromatic carbocycles. The minimum atomic E-state index is -0.547. The van der Waals surface area contributed by atoms with Gasteiger partial charge in [-0.05, 0) is 32.3 Å². The van der Waals surface area contributed by atoms with Gasteiger partial charge in [-0.1, -0.05) is 19.8 Å². The van der Waals surface area contributed by atoms with Gasteiger partial charge in [0.15, 0.2) is 0 Å². The van der Waals surface area contributed by atoms with E-state index in [0.717, 1.165) is 32.1 Å².